The number of halogens is 2. The van der Waals surface area contributed by atoms with Crippen molar-refractivity contribution in [2.24, 2.45) is 5.92 Å². The molecule has 2 fully saturated rings. The summed E-state index contributed by atoms with van der Waals surface area (Å²) < 4.78 is 0. The highest BCUT2D eigenvalue weighted by atomic mass is 35.5. The molecular formula is C17H13Cl2N3O2S. The number of carbonyl (C=O) groups is 2. The highest BCUT2D eigenvalue weighted by molar-refractivity contribution is 7.10. The number of carbonyl (C=O) groups excluding carboxylic acids is 2. The molecular weight excluding hydrogens is 381 g/mol. The first-order chi connectivity index (χ1) is 12.0. The lowest BCUT2D eigenvalue weighted by atomic mass is 9.75. The number of hydrogen-bond donors (Lipinski definition) is 3. The predicted octanol–water partition coefficient (Wildman–Crippen LogP) is 2.70. The molecule has 25 heavy (non-hydrogen) atoms. The second-order valence-corrected chi connectivity index (χ2v) is 8.43. The van der Waals surface area contributed by atoms with Crippen molar-refractivity contribution in [3.05, 3.63) is 50.1 Å². The van der Waals surface area contributed by atoms with Gasteiger partial charge in [0.2, 0.25) is 11.8 Å². The summed E-state index contributed by atoms with van der Waals surface area (Å²) in [5, 5.41) is 12.3. The van der Waals surface area contributed by atoms with Gasteiger partial charge in [-0.2, -0.15) is 0 Å². The summed E-state index contributed by atoms with van der Waals surface area (Å²) in [6.45, 7) is 0.511. The van der Waals surface area contributed by atoms with Gasteiger partial charge in [-0.05, 0) is 18.2 Å². The lowest BCUT2D eigenvalue weighted by Gasteiger charge is -2.31. The topological polar surface area (TPSA) is 70.2 Å². The van der Waals surface area contributed by atoms with E-state index in [0.717, 1.165) is 10.4 Å². The van der Waals surface area contributed by atoms with Crippen LogP contribution in [-0.2, 0) is 15.1 Å². The van der Waals surface area contributed by atoms with Crippen LogP contribution >= 0.6 is 34.5 Å². The Balaban J connectivity index is 1.75. The van der Waals surface area contributed by atoms with Crippen LogP contribution in [0.4, 0.5) is 5.69 Å². The Kier molecular flexibility index (Phi) is 3.26. The van der Waals surface area contributed by atoms with E-state index in [2.05, 4.69) is 16.0 Å². The smallest absolute Gasteiger partial charge is 0.250 e. The number of hydrogen-bond acceptors (Lipinski definition) is 4. The molecule has 1 spiro atoms. The molecule has 4 atom stereocenters. The Hall–Kier alpha value is -1.60. The molecule has 128 valence electrons. The van der Waals surface area contributed by atoms with Crippen molar-refractivity contribution in [3.8, 4) is 0 Å². The molecule has 4 heterocycles. The van der Waals surface area contributed by atoms with Gasteiger partial charge in [0, 0.05) is 45.0 Å². The maximum Gasteiger partial charge on any atom is 0.250 e. The number of amides is 2. The molecule has 0 radical (unpaired) electrons. The van der Waals surface area contributed by atoms with Gasteiger partial charge in [0.25, 0.3) is 0 Å². The van der Waals surface area contributed by atoms with Gasteiger partial charge in [0.1, 0.15) is 5.54 Å². The first kappa shape index (κ1) is 15.6. The van der Waals surface area contributed by atoms with Crippen molar-refractivity contribution in [1.29, 1.82) is 0 Å². The molecule has 3 N–H and O–H groups in total. The van der Waals surface area contributed by atoms with E-state index in [1.54, 1.807) is 12.1 Å². The molecule has 2 saturated heterocycles. The molecule has 0 saturated carbocycles. The molecule has 2 amide bonds. The summed E-state index contributed by atoms with van der Waals surface area (Å²) in [4.78, 5) is 26.6. The van der Waals surface area contributed by atoms with E-state index < -0.39 is 5.54 Å². The quantitative estimate of drug-likeness (QED) is 0.697. The van der Waals surface area contributed by atoms with Gasteiger partial charge < -0.3 is 10.6 Å². The molecule has 3 aliphatic rings. The largest absolute Gasteiger partial charge is 0.354 e. The Morgan fingerprint density at radius 2 is 2.00 bits per heavy atom. The van der Waals surface area contributed by atoms with Crippen molar-refractivity contribution < 1.29 is 9.59 Å². The summed E-state index contributed by atoms with van der Waals surface area (Å²) in [5.74, 6) is -0.817. The molecule has 5 nitrogen and oxygen atoms in total. The van der Waals surface area contributed by atoms with E-state index in [4.69, 9.17) is 23.2 Å². The standard InChI is InChI=1S/C17H13Cl2N3O2S/c18-7-1-2-9-10(3-7)21-16(24)17(9)14(12-4-8(19)6-25-12)13-11(22-17)5-20-15(13)23/h1-4,6,11,13-14,22H,5H2,(H,20,23)(H,21,24)/t11-,13+,14-,17+/m0/s1. The van der Waals surface area contributed by atoms with E-state index >= 15 is 0 Å². The number of benzene rings is 1. The third-order valence-corrected chi connectivity index (χ3v) is 6.98. The Morgan fingerprint density at radius 3 is 2.76 bits per heavy atom. The van der Waals surface area contributed by atoms with Gasteiger partial charge in [0.15, 0.2) is 0 Å². The van der Waals surface area contributed by atoms with Crippen molar-refractivity contribution in [2.75, 3.05) is 11.9 Å². The van der Waals surface area contributed by atoms with Gasteiger partial charge in [0.05, 0.1) is 10.9 Å². The van der Waals surface area contributed by atoms with E-state index in [-0.39, 0.29) is 29.7 Å². The Labute approximate surface area is 157 Å². The van der Waals surface area contributed by atoms with Gasteiger partial charge in [-0.3, -0.25) is 14.9 Å². The van der Waals surface area contributed by atoms with Crippen LogP contribution in [0.1, 0.15) is 16.4 Å². The second kappa shape index (κ2) is 5.20. The van der Waals surface area contributed by atoms with E-state index in [1.807, 2.05) is 17.5 Å². The number of anilines is 1. The highest BCUT2D eigenvalue weighted by Gasteiger charge is 2.65. The third-order valence-electron chi connectivity index (χ3n) is 5.38. The SMILES string of the molecule is O=C1NC[C@@H]2N[C@@]3(C(=O)Nc4cc(Cl)ccc43)[C@@H](c3cc(Cl)cs3)[C@H]12. The lowest BCUT2D eigenvalue weighted by Crippen LogP contribution is -2.50. The Bertz CT molecular complexity index is 930. The minimum absolute atomic E-state index is 0.0286. The van der Waals surface area contributed by atoms with Crippen LogP contribution < -0.4 is 16.0 Å². The summed E-state index contributed by atoms with van der Waals surface area (Å²) in [5.41, 5.74) is 0.540. The van der Waals surface area contributed by atoms with Crippen LogP contribution in [0, 0.1) is 5.92 Å². The molecule has 1 aromatic heterocycles. The summed E-state index contributed by atoms with van der Waals surface area (Å²) in [7, 11) is 0. The number of fused-ring (bicyclic) bond motifs is 3. The fraction of sp³-hybridized carbons (Fsp3) is 0.294. The van der Waals surface area contributed by atoms with Crippen LogP contribution in [0.15, 0.2) is 29.6 Å². The van der Waals surface area contributed by atoms with Crippen molar-refractivity contribution in [1.82, 2.24) is 10.6 Å². The molecule has 0 aliphatic carbocycles. The normalized spacial score (nSPS) is 32.6. The van der Waals surface area contributed by atoms with Crippen molar-refractivity contribution in [3.63, 3.8) is 0 Å². The fourth-order valence-corrected chi connectivity index (χ4v) is 5.92. The van der Waals surface area contributed by atoms with Gasteiger partial charge in [-0.25, -0.2) is 0 Å². The summed E-state index contributed by atoms with van der Waals surface area (Å²) in [6.07, 6.45) is 0. The second-order valence-electron chi connectivity index (χ2n) is 6.62. The van der Waals surface area contributed by atoms with Gasteiger partial charge in [-0.15, -0.1) is 11.3 Å². The minimum Gasteiger partial charge on any atom is -0.354 e. The number of nitrogens with one attached hydrogen (secondary N) is 3. The Morgan fingerprint density at radius 1 is 1.16 bits per heavy atom. The summed E-state index contributed by atoms with van der Waals surface area (Å²) in [6, 6.07) is 7.14. The molecule has 3 aliphatic heterocycles. The fourth-order valence-electron chi connectivity index (χ4n) is 4.45. The maximum atomic E-state index is 13.1. The zero-order valence-corrected chi connectivity index (χ0v) is 15.1. The van der Waals surface area contributed by atoms with Crippen LogP contribution in [0.3, 0.4) is 0 Å². The summed E-state index contributed by atoms with van der Waals surface area (Å²) >= 11 is 13.7. The van der Waals surface area contributed by atoms with Crippen LogP contribution in [0.2, 0.25) is 10.0 Å². The zero-order chi connectivity index (χ0) is 17.3. The van der Waals surface area contributed by atoms with E-state index in [0.29, 0.717) is 22.3 Å². The minimum atomic E-state index is -0.985. The molecule has 5 rings (SSSR count). The molecule has 0 bridgehead atoms. The molecule has 0 unspecified atom stereocenters. The van der Waals surface area contributed by atoms with Crippen molar-refractivity contribution >= 4 is 52.0 Å². The van der Waals surface area contributed by atoms with Gasteiger partial charge in [-0.1, -0.05) is 29.3 Å². The third kappa shape index (κ3) is 1.99. The van der Waals surface area contributed by atoms with E-state index in [9.17, 15) is 9.59 Å². The maximum absolute atomic E-state index is 13.1. The molecule has 2 aromatic rings. The van der Waals surface area contributed by atoms with Crippen LogP contribution in [-0.4, -0.2) is 24.4 Å². The monoisotopic (exact) mass is 393 g/mol. The van der Waals surface area contributed by atoms with Crippen molar-refractivity contribution in [2.45, 2.75) is 17.5 Å². The van der Waals surface area contributed by atoms with Crippen LogP contribution in [0.5, 0.6) is 0 Å². The molecule has 8 heteroatoms. The highest BCUT2D eigenvalue weighted by Crippen LogP contribution is 2.56. The van der Waals surface area contributed by atoms with Gasteiger partial charge >= 0.3 is 0 Å². The lowest BCUT2D eigenvalue weighted by molar-refractivity contribution is -0.124. The van der Waals surface area contributed by atoms with Crippen LogP contribution in [0.25, 0.3) is 0 Å². The first-order valence-corrected chi connectivity index (χ1v) is 9.55. The number of thiophene rings is 1. The predicted molar refractivity (Wildman–Crippen MR) is 97.3 cm³/mol. The average molecular weight is 394 g/mol. The zero-order valence-electron chi connectivity index (χ0n) is 12.8. The average Bonchev–Trinajstić information content (AvgIpc) is 3.28. The molecule has 1 aromatic carbocycles. The first-order valence-electron chi connectivity index (χ1n) is 7.91. The number of rotatable bonds is 1. The van der Waals surface area contributed by atoms with E-state index in [1.165, 1.54) is 11.3 Å².